The molecule has 0 aliphatic carbocycles. The number of hydrogen-bond donors (Lipinski definition) is 1. The van der Waals surface area contributed by atoms with Crippen molar-refractivity contribution < 1.29 is 14.7 Å². The SMILES string of the molecule is O=C(CCCCO[N+](=O)[O-])N1CCNCC1. The number of piperazine rings is 1. The average molecular weight is 231 g/mol. The van der Waals surface area contributed by atoms with Crippen LogP contribution in [-0.2, 0) is 9.63 Å². The van der Waals surface area contributed by atoms with E-state index in [0.29, 0.717) is 19.3 Å². The Morgan fingerprint density at radius 1 is 1.38 bits per heavy atom. The first-order chi connectivity index (χ1) is 7.70. The molecule has 1 amide bonds. The van der Waals surface area contributed by atoms with Gasteiger partial charge in [-0.2, -0.15) is 0 Å². The fraction of sp³-hybridized carbons (Fsp3) is 0.889. The topological polar surface area (TPSA) is 84.7 Å². The zero-order chi connectivity index (χ0) is 11.8. The van der Waals surface area contributed by atoms with Crippen molar-refractivity contribution in [2.45, 2.75) is 19.3 Å². The summed E-state index contributed by atoms with van der Waals surface area (Å²) in [7, 11) is 0. The normalized spacial score (nSPS) is 15.9. The molecule has 1 aliphatic rings. The summed E-state index contributed by atoms with van der Waals surface area (Å²) in [6.45, 7) is 3.27. The van der Waals surface area contributed by atoms with E-state index in [2.05, 4.69) is 10.2 Å². The van der Waals surface area contributed by atoms with Crippen LogP contribution in [0.25, 0.3) is 0 Å². The van der Waals surface area contributed by atoms with Gasteiger partial charge in [0, 0.05) is 32.6 Å². The fourth-order valence-corrected chi connectivity index (χ4v) is 1.59. The van der Waals surface area contributed by atoms with Gasteiger partial charge in [-0.25, -0.2) is 0 Å². The van der Waals surface area contributed by atoms with Crippen LogP contribution >= 0.6 is 0 Å². The van der Waals surface area contributed by atoms with Crippen LogP contribution in [0, 0.1) is 10.1 Å². The molecule has 0 bridgehead atoms. The van der Waals surface area contributed by atoms with Gasteiger partial charge < -0.3 is 15.1 Å². The maximum Gasteiger partial charge on any atom is 0.294 e. The minimum atomic E-state index is -0.807. The van der Waals surface area contributed by atoms with Gasteiger partial charge in [0.25, 0.3) is 5.09 Å². The van der Waals surface area contributed by atoms with Crippen molar-refractivity contribution in [2.75, 3.05) is 32.8 Å². The van der Waals surface area contributed by atoms with Crippen molar-refractivity contribution in [3.05, 3.63) is 10.1 Å². The molecule has 16 heavy (non-hydrogen) atoms. The molecule has 7 nitrogen and oxygen atoms in total. The van der Waals surface area contributed by atoms with Crippen molar-refractivity contribution in [3.8, 4) is 0 Å². The molecule has 92 valence electrons. The van der Waals surface area contributed by atoms with Gasteiger partial charge in [0.15, 0.2) is 0 Å². The lowest BCUT2D eigenvalue weighted by Crippen LogP contribution is -2.46. The first kappa shape index (κ1) is 12.7. The molecular weight excluding hydrogens is 214 g/mol. The number of nitrogens with one attached hydrogen (secondary N) is 1. The smallest absolute Gasteiger partial charge is 0.294 e. The quantitative estimate of drug-likeness (QED) is 0.388. The lowest BCUT2D eigenvalue weighted by atomic mass is 10.2. The Kier molecular flexibility index (Phi) is 5.55. The predicted octanol–water partition coefficient (Wildman–Crippen LogP) is -0.203. The summed E-state index contributed by atoms with van der Waals surface area (Å²) >= 11 is 0. The second kappa shape index (κ2) is 7.00. The molecule has 1 fully saturated rings. The molecule has 0 radical (unpaired) electrons. The van der Waals surface area contributed by atoms with Gasteiger partial charge in [-0.1, -0.05) is 0 Å². The highest BCUT2D eigenvalue weighted by Gasteiger charge is 2.15. The van der Waals surface area contributed by atoms with Crippen LogP contribution in [0.1, 0.15) is 19.3 Å². The van der Waals surface area contributed by atoms with Crippen molar-refractivity contribution in [1.82, 2.24) is 10.2 Å². The molecular formula is C9H17N3O4. The summed E-state index contributed by atoms with van der Waals surface area (Å²) in [6.07, 6.45) is 1.62. The van der Waals surface area contributed by atoms with Gasteiger partial charge >= 0.3 is 0 Å². The molecule has 0 spiro atoms. The fourth-order valence-electron chi connectivity index (χ4n) is 1.59. The second-order valence-electron chi connectivity index (χ2n) is 3.64. The van der Waals surface area contributed by atoms with Crippen LogP contribution in [0.15, 0.2) is 0 Å². The Labute approximate surface area is 93.8 Å². The lowest BCUT2D eigenvalue weighted by Gasteiger charge is -2.27. The first-order valence-corrected chi connectivity index (χ1v) is 5.46. The molecule has 7 heteroatoms. The number of rotatable bonds is 6. The third kappa shape index (κ3) is 4.92. The molecule has 1 rings (SSSR count). The van der Waals surface area contributed by atoms with Crippen molar-refractivity contribution in [2.24, 2.45) is 0 Å². The van der Waals surface area contributed by atoms with Crippen molar-refractivity contribution >= 4 is 5.91 Å². The minimum Gasteiger partial charge on any atom is -0.340 e. The van der Waals surface area contributed by atoms with Crippen LogP contribution in [0.2, 0.25) is 0 Å². The maximum atomic E-state index is 11.6. The summed E-state index contributed by atoms with van der Waals surface area (Å²) in [5, 5.41) is 12.2. The summed E-state index contributed by atoms with van der Waals surface area (Å²) in [5.41, 5.74) is 0. The predicted molar refractivity (Wildman–Crippen MR) is 56.2 cm³/mol. The molecule has 1 N–H and O–H groups in total. The zero-order valence-corrected chi connectivity index (χ0v) is 9.18. The van der Waals surface area contributed by atoms with Crippen LogP contribution in [0.4, 0.5) is 0 Å². The highest BCUT2D eigenvalue weighted by Crippen LogP contribution is 2.02. The summed E-state index contributed by atoms with van der Waals surface area (Å²) < 4.78 is 0. The average Bonchev–Trinajstić information content (AvgIpc) is 2.29. The molecule has 1 heterocycles. The highest BCUT2D eigenvalue weighted by atomic mass is 16.9. The van der Waals surface area contributed by atoms with Gasteiger partial charge in [-0.15, -0.1) is 10.1 Å². The monoisotopic (exact) mass is 231 g/mol. The van der Waals surface area contributed by atoms with E-state index >= 15 is 0 Å². The molecule has 0 aromatic rings. The van der Waals surface area contributed by atoms with E-state index in [1.54, 1.807) is 0 Å². The molecule has 1 aliphatic heterocycles. The third-order valence-electron chi connectivity index (χ3n) is 2.45. The Morgan fingerprint density at radius 2 is 2.06 bits per heavy atom. The first-order valence-electron chi connectivity index (χ1n) is 5.46. The Bertz CT molecular complexity index is 241. The number of hydrogen-bond acceptors (Lipinski definition) is 5. The summed E-state index contributed by atoms with van der Waals surface area (Å²) in [5.74, 6) is 0.127. The maximum absolute atomic E-state index is 11.6. The lowest BCUT2D eigenvalue weighted by molar-refractivity contribution is -0.757. The number of nitrogens with zero attached hydrogens (tertiary/aromatic N) is 2. The highest BCUT2D eigenvalue weighted by molar-refractivity contribution is 5.76. The van der Waals surface area contributed by atoms with E-state index in [9.17, 15) is 14.9 Å². The van der Waals surface area contributed by atoms with E-state index in [0.717, 1.165) is 26.2 Å². The second-order valence-corrected chi connectivity index (χ2v) is 3.64. The molecule has 1 saturated heterocycles. The number of amides is 1. The van der Waals surface area contributed by atoms with E-state index < -0.39 is 5.09 Å². The van der Waals surface area contributed by atoms with Crippen LogP contribution in [0.3, 0.4) is 0 Å². The van der Waals surface area contributed by atoms with E-state index in [4.69, 9.17) is 0 Å². The van der Waals surface area contributed by atoms with Crippen LogP contribution < -0.4 is 5.32 Å². The molecule has 0 atom stereocenters. The van der Waals surface area contributed by atoms with Crippen molar-refractivity contribution in [3.63, 3.8) is 0 Å². The van der Waals surface area contributed by atoms with Crippen LogP contribution in [-0.4, -0.2) is 48.7 Å². The number of unbranched alkanes of at least 4 members (excludes halogenated alkanes) is 1. The van der Waals surface area contributed by atoms with Gasteiger partial charge in [0.05, 0.1) is 6.61 Å². The van der Waals surface area contributed by atoms with E-state index in [1.807, 2.05) is 4.90 Å². The number of carbonyl (C=O) groups is 1. The third-order valence-corrected chi connectivity index (χ3v) is 2.45. The molecule has 0 aromatic carbocycles. The Hall–Kier alpha value is -1.37. The zero-order valence-electron chi connectivity index (χ0n) is 9.18. The summed E-state index contributed by atoms with van der Waals surface area (Å²) in [4.78, 5) is 27.4. The molecule has 0 saturated carbocycles. The molecule has 0 unspecified atom stereocenters. The van der Waals surface area contributed by atoms with Gasteiger partial charge in [-0.3, -0.25) is 4.79 Å². The van der Waals surface area contributed by atoms with E-state index in [-0.39, 0.29) is 12.5 Å². The van der Waals surface area contributed by atoms with Gasteiger partial charge in [0.2, 0.25) is 5.91 Å². The Balaban J connectivity index is 2.03. The molecule has 0 aromatic heterocycles. The van der Waals surface area contributed by atoms with Crippen LogP contribution in [0.5, 0.6) is 0 Å². The van der Waals surface area contributed by atoms with E-state index in [1.165, 1.54) is 0 Å². The summed E-state index contributed by atoms with van der Waals surface area (Å²) in [6, 6.07) is 0. The Morgan fingerprint density at radius 3 is 2.69 bits per heavy atom. The van der Waals surface area contributed by atoms with Gasteiger partial charge in [-0.05, 0) is 12.8 Å². The van der Waals surface area contributed by atoms with Gasteiger partial charge in [0.1, 0.15) is 0 Å². The standard InChI is InChI=1S/C9H17N3O4/c13-9(11-6-4-10-5-7-11)3-1-2-8-16-12(14)15/h10H,1-8H2. The van der Waals surface area contributed by atoms with Crippen molar-refractivity contribution in [1.29, 1.82) is 0 Å². The number of carbonyl (C=O) groups excluding carboxylic acids is 1. The minimum absolute atomic E-state index is 0.0713. The largest absolute Gasteiger partial charge is 0.340 e.